The molecule has 0 aromatic heterocycles. The Morgan fingerprint density at radius 1 is 1.21 bits per heavy atom. The first-order valence-corrected chi connectivity index (χ1v) is 8.03. The number of hydrogen-bond donors (Lipinski definition) is 1. The van der Waals surface area contributed by atoms with Crippen molar-refractivity contribution in [2.75, 3.05) is 25.7 Å². The second kappa shape index (κ2) is 7.47. The summed E-state index contributed by atoms with van der Waals surface area (Å²) in [6.45, 7) is 3.06. The monoisotopic (exact) mass is 326 g/mol. The molecular weight excluding hydrogens is 304 g/mol. The number of rotatable bonds is 5. The molecule has 0 aliphatic carbocycles. The maximum absolute atomic E-state index is 12.5. The molecule has 126 valence electrons. The first kappa shape index (κ1) is 16.5. The zero-order valence-electron chi connectivity index (χ0n) is 13.9. The van der Waals surface area contributed by atoms with Gasteiger partial charge in [0.2, 0.25) is 5.91 Å². The number of anilines is 1. The molecule has 2 unspecified atom stereocenters. The summed E-state index contributed by atoms with van der Waals surface area (Å²) in [5, 5.41) is 2.93. The molecule has 2 atom stereocenters. The van der Waals surface area contributed by atoms with Crippen LogP contribution in [-0.2, 0) is 9.53 Å². The zero-order chi connectivity index (χ0) is 16.9. The Morgan fingerprint density at radius 2 is 1.92 bits per heavy atom. The van der Waals surface area contributed by atoms with E-state index < -0.39 is 0 Å². The van der Waals surface area contributed by atoms with Crippen molar-refractivity contribution in [2.24, 2.45) is 0 Å². The van der Waals surface area contributed by atoms with Crippen molar-refractivity contribution in [1.82, 2.24) is 4.90 Å². The zero-order valence-corrected chi connectivity index (χ0v) is 13.9. The summed E-state index contributed by atoms with van der Waals surface area (Å²) in [4.78, 5) is 14.5. The third-order valence-corrected chi connectivity index (χ3v) is 4.30. The van der Waals surface area contributed by atoms with Crippen LogP contribution in [0.5, 0.6) is 5.75 Å². The molecule has 24 heavy (non-hydrogen) atoms. The van der Waals surface area contributed by atoms with Gasteiger partial charge in [0.05, 0.1) is 19.3 Å². The highest BCUT2D eigenvalue weighted by atomic mass is 16.5. The average molecular weight is 326 g/mol. The molecule has 3 rings (SSSR count). The molecule has 2 aromatic carbocycles. The fourth-order valence-electron chi connectivity index (χ4n) is 2.73. The minimum absolute atomic E-state index is 0.0161. The SMILES string of the molecule is COc1ccc(NC(=O)C(C)N2COC(c3ccccc3)C2)cc1. The minimum atomic E-state index is -0.263. The van der Waals surface area contributed by atoms with Gasteiger partial charge < -0.3 is 14.8 Å². The summed E-state index contributed by atoms with van der Waals surface area (Å²) in [6.07, 6.45) is 0.0161. The summed E-state index contributed by atoms with van der Waals surface area (Å²) >= 11 is 0. The van der Waals surface area contributed by atoms with Gasteiger partial charge in [0, 0.05) is 12.2 Å². The molecule has 1 amide bonds. The summed E-state index contributed by atoms with van der Waals surface area (Å²) in [5.41, 5.74) is 1.90. The van der Waals surface area contributed by atoms with Crippen LogP contribution in [0.4, 0.5) is 5.69 Å². The van der Waals surface area contributed by atoms with Crippen LogP contribution in [0.1, 0.15) is 18.6 Å². The van der Waals surface area contributed by atoms with E-state index >= 15 is 0 Å². The molecular formula is C19H22N2O3. The minimum Gasteiger partial charge on any atom is -0.497 e. The molecule has 1 heterocycles. The topological polar surface area (TPSA) is 50.8 Å². The number of nitrogens with one attached hydrogen (secondary N) is 1. The Kier molecular flexibility index (Phi) is 5.13. The molecule has 2 aromatic rings. The highest BCUT2D eigenvalue weighted by Gasteiger charge is 2.31. The van der Waals surface area contributed by atoms with E-state index in [0.717, 1.165) is 17.0 Å². The lowest BCUT2D eigenvalue weighted by Gasteiger charge is -2.21. The van der Waals surface area contributed by atoms with Gasteiger partial charge in [-0.3, -0.25) is 9.69 Å². The normalized spacial score (nSPS) is 19.0. The van der Waals surface area contributed by atoms with Gasteiger partial charge in [-0.2, -0.15) is 0 Å². The molecule has 0 radical (unpaired) electrons. The van der Waals surface area contributed by atoms with E-state index in [1.807, 2.05) is 54.3 Å². The van der Waals surface area contributed by atoms with E-state index in [0.29, 0.717) is 13.3 Å². The van der Waals surface area contributed by atoms with E-state index in [1.54, 1.807) is 7.11 Å². The number of ether oxygens (including phenoxy) is 2. The molecule has 1 fully saturated rings. The first-order chi connectivity index (χ1) is 11.7. The molecule has 5 heteroatoms. The quantitative estimate of drug-likeness (QED) is 0.917. The number of benzene rings is 2. The second-order valence-electron chi connectivity index (χ2n) is 5.86. The lowest BCUT2D eigenvalue weighted by molar-refractivity contribution is -0.121. The third kappa shape index (κ3) is 3.75. The molecule has 5 nitrogen and oxygen atoms in total. The summed E-state index contributed by atoms with van der Waals surface area (Å²) < 4.78 is 11.0. The van der Waals surface area contributed by atoms with Crippen molar-refractivity contribution in [2.45, 2.75) is 19.1 Å². The summed E-state index contributed by atoms with van der Waals surface area (Å²) in [6, 6.07) is 17.1. The molecule has 1 saturated heterocycles. The Morgan fingerprint density at radius 3 is 2.58 bits per heavy atom. The maximum atomic E-state index is 12.5. The molecule has 1 N–H and O–H groups in total. The van der Waals surface area contributed by atoms with E-state index in [2.05, 4.69) is 17.4 Å². The highest BCUT2D eigenvalue weighted by molar-refractivity contribution is 5.94. The molecule has 0 saturated carbocycles. The van der Waals surface area contributed by atoms with Crippen molar-refractivity contribution in [3.8, 4) is 5.75 Å². The number of carbonyl (C=O) groups is 1. The first-order valence-electron chi connectivity index (χ1n) is 8.03. The standard InChI is InChI=1S/C19H22N2O3/c1-14(19(22)20-16-8-10-17(23-2)11-9-16)21-12-18(24-13-21)15-6-4-3-5-7-15/h3-11,14,18H,12-13H2,1-2H3,(H,20,22). The van der Waals surface area contributed by atoms with Crippen molar-refractivity contribution < 1.29 is 14.3 Å². The van der Waals surface area contributed by atoms with Gasteiger partial charge in [-0.05, 0) is 36.8 Å². The van der Waals surface area contributed by atoms with Crippen molar-refractivity contribution in [1.29, 1.82) is 0 Å². The van der Waals surface area contributed by atoms with Crippen molar-refractivity contribution in [3.05, 3.63) is 60.2 Å². The van der Waals surface area contributed by atoms with E-state index in [4.69, 9.17) is 9.47 Å². The van der Waals surface area contributed by atoms with Crippen LogP contribution >= 0.6 is 0 Å². The predicted molar refractivity (Wildman–Crippen MR) is 92.9 cm³/mol. The smallest absolute Gasteiger partial charge is 0.241 e. The lowest BCUT2D eigenvalue weighted by atomic mass is 10.1. The van der Waals surface area contributed by atoms with Crippen LogP contribution in [0.2, 0.25) is 0 Å². The Balaban J connectivity index is 1.57. The van der Waals surface area contributed by atoms with Gasteiger partial charge in [-0.25, -0.2) is 0 Å². The predicted octanol–water partition coefficient (Wildman–Crippen LogP) is 3.05. The van der Waals surface area contributed by atoms with Gasteiger partial charge >= 0.3 is 0 Å². The number of amides is 1. The van der Waals surface area contributed by atoms with E-state index in [9.17, 15) is 4.79 Å². The largest absolute Gasteiger partial charge is 0.497 e. The molecule has 1 aliphatic heterocycles. The lowest BCUT2D eigenvalue weighted by Crippen LogP contribution is -2.40. The summed E-state index contributed by atoms with van der Waals surface area (Å²) in [5.74, 6) is 0.720. The van der Waals surface area contributed by atoms with Crippen LogP contribution < -0.4 is 10.1 Å². The van der Waals surface area contributed by atoms with E-state index in [1.165, 1.54) is 0 Å². The molecule has 0 bridgehead atoms. The second-order valence-corrected chi connectivity index (χ2v) is 5.86. The molecule has 1 aliphatic rings. The Hall–Kier alpha value is -2.37. The van der Waals surface area contributed by atoms with Crippen LogP contribution in [0.3, 0.4) is 0 Å². The fourth-order valence-corrected chi connectivity index (χ4v) is 2.73. The third-order valence-electron chi connectivity index (χ3n) is 4.30. The van der Waals surface area contributed by atoms with Crippen LogP contribution in [-0.4, -0.2) is 37.2 Å². The van der Waals surface area contributed by atoms with Crippen molar-refractivity contribution in [3.63, 3.8) is 0 Å². The van der Waals surface area contributed by atoms with Crippen LogP contribution in [0.25, 0.3) is 0 Å². The average Bonchev–Trinajstić information content (AvgIpc) is 3.12. The van der Waals surface area contributed by atoms with Gasteiger partial charge in [0.25, 0.3) is 0 Å². The van der Waals surface area contributed by atoms with Gasteiger partial charge in [-0.1, -0.05) is 30.3 Å². The fraction of sp³-hybridized carbons (Fsp3) is 0.316. The Labute approximate surface area is 142 Å². The van der Waals surface area contributed by atoms with Gasteiger partial charge in [0.1, 0.15) is 12.5 Å². The number of nitrogens with zero attached hydrogens (tertiary/aromatic N) is 1. The summed E-state index contributed by atoms with van der Waals surface area (Å²) in [7, 11) is 1.62. The number of carbonyl (C=O) groups excluding carboxylic acids is 1. The highest BCUT2D eigenvalue weighted by Crippen LogP contribution is 2.26. The maximum Gasteiger partial charge on any atom is 0.241 e. The van der Waals surface area contributed by atoms with Crippen molar-refractivity contribution >= 4 is 11.6 Å². The van der Waals surface area contributed by atoms with Gasteiger partial charge in [-0.15, -0.1) is 0 Å². The number of methoxy groups -OCH3 is 1. The Bertz CT molecular complexity index is 673. The van der Waals surface area contributed by atoms with E-state index in [-0.39, 0.29) is 18.1 Å². The van der Waals surface area contributed by atoms with Crippen LogP contribution in [0.15, 0.2) is 54.6 Å². The van der Waals surface area contributed by atoms with Gasteiger partial charge in [0.15, 0.2) is 0 Å². The molecule has 0 spiro atoms. The number of hydrogen-bond acceptors (Lipinski definition) is 4. The van der Waals surface area contributed by atoms with Crippen LogP contribution in [0, 0.1) is 0 Å².